The van der Waals surface area contributed by atoms with Crippen LogP contribution in [0, 0.1) is 30.3 Å². The number of non-ortho nitro benzene ring substituents is 2. The molecule has 36 heavy (non-hydrogen) atoms. The number of nitrogens with zero attached hydrogens (tertiary/aromatic N) is 4. The summed E-state index contributed by atoms with van der Waals surface area (Å²) < 4.78 is 11.1. The Morgan fingerprint density at radius 1 is 0.917 bits per heavy atom. The highest BCUT2D eigenvalue weighted by atomic mass is 79.9. The molecule has 0 aliphatic carbocycles. The van der Waals surface area contributed by atoms with Crippen LogP contribution >= 0.6 is 15.9 Å². The topological polar surface area (TPSA) is 189 Å². The lowest BCUT2D eigenvalue weighted by atomic mass is 10.2. The zero-order valence-electron chi connectivity index (χ0n) is 17.9. The quantitative estimate of drug-likeness (QED) is 0.211. The Hall–Kier alpha value is -4.92. The second-order valence-electron chi connectivity index (χ2n) is 6.79. The molecule has 1 amide bonds. The third kappa shape index (κ3) is 6.80. The van der Waals surface area contributed by atoms with Gasteiger partial charge >= 0.3 is 5.69 Å². The molecule has 3 aromatic rings. The fourth-order valence-electron chi connectivity index (χ4n) is 2.71. The molecule has 0 spiro atoms. The van der Waals surface area contributed by atoms with Crippen LogP contribution in [0.5, 0.6) is 17.2 Å². The van der Waals surface area contributed by atoms with E-state index in [9.17, 15) is 35.1 Å². The Bertz CT molecular complexity index is 1380. The Morgan fingerprint density at radius 2 is 1.58 bits per heavy atom. The van der Waals surface area contributed by atoms with Gasteiger partial charge in [-0.1, -0.05) is 12.1 Å². The summed E-state index contributed by atoms with van der Waals surface area (Å²) in [5.41, 5.74) is 1.55. The fraction of sp³-hybridized carbons (Fsp3) is 0.0476. The predicted molar refractivity (Wildman–Crippen MR) is 128 cm³/mol. The van der Waals surface area contributed by atoms with Gasteiger partial charge < -0.3 is 9.47 Å². The molecule has 14 nitrogen and oxygen atoms in total. The lowest BCUT2D eigenvalue weighted by Crippen LogP contribution is -2.24. The molecule has 0 aromatic heterocycles. The van der Waals surface area contributed by atoms with Crippen molar-refractivity contribution in [2.45, 2.75) is 0 Å². The van der Waals surface area contributed by atoms with Crippen molar-refractivity contribution in [3.8, 4) is 17.2 Å². The number of amides is 1. The van der Waals surface area contributed by atoms with Crippen LogP contribution in [0.25, 0.3) is 0 Å². The zero-order valence-corrected chi connectivity index (χ0v) is 19.5. The Kier molecular flexibility index (Phi) is 8.19. The van der Waals surface area contributed by atoms with Crippen LogP contribution in [-0.4, -0.2) is 33.5 Å². The van der Waals surface area contributed by atoms with Crippen molar-refractivity contribution in [2.24, 2.45) is 5.10 Å². The summed E-state index contributed by atoms with van der Waals surface area (Å²) in [4.78, 5) is 42.8. The summed E-state index contributed by atoms with van der Waals surface area (Å²) in [5, 5.41) is 36.7. The number of ether oxygens (including phenoxy) is 2. The number of nitro benzene ring substituents is 3. The SMILES string of the molecule is O=C(COc1ccc([N+](=O)[O-])cc1Br)N/N=C/c1cccc(Oc2ccc([N+](=O)[O-])cc2[N+](=O)[O-])c1. The third-order valence-electron chi connectivity index (χ3n) is 4.32. The van der Waals surface area contributed by atoms with E-state index in [2.05, 4.69) is 26.5 Å². The van der Waals surface area contributed by atoms with Crippen molar-refractivity contribution in [1.82, 2.24) is 5.43 Å². The number of rotatable bonds is 10. The van der Waals surface area contributed by atoms with E-state index >= 15 is 0 Å². The van der Waals surface area contributed by atoms with Gasteiger partial charge in [0.25, 0.3) is 17.3 Å². The highest BCUT2D eigenvalue weighted by molar-refractivity contribution is 9.10. The molecule has 15 heteroatoms. The molecule has 3 aromatic carbocycles. The van der Waals surface area contributed by atoms with Crippen molar-refractivity contribution in [1.29, 1.82) is 0 Å². The number of nitro groups is 3. The van der Waals surface area contributed by atoms with Crippen molar-refractivity contribution < 1.29 is 29.0 Å². The van der Waals surface area contributed by atoms with Crippen molar-refractivity contribution >= 4 is 45.1 Å². The van der Waals surface area contributed by atoms with Gasteiger partial charge in [-0.25, -0.2) is 5.43 Å². The second kappa shape index (κ2) is 11.5. The highest BCUT2D eigenvalue weighted by Crippen LogP contribution is 2.34. The first-order valence-electron chi connectivity index (χ1n) is 9.73. The highest BCUT2D eigenvalue weighted by Gasteiger charge is 2.21. The standard InChI is InChI=1S/C21H14BrN5O9/c22-17-9-14(25(29)30)4-6-19(17)35-12-21(28)24-23-11-13-2-1-3-16(8-13)36-20-7-5-15(26(31)32)10-18(20)27(33)34/h1-11H,12H2,(H,24,28)/b23-11+. The molecule has 3 rings (SSSR count). The molecular weight excluding hydrogens is 546 g/mol. The van der Waals surface area contributed by atoms with Crippen LogP contribution < -0.4 is 14.9 Å². The monoisotopic (exact) mass is 559 g/mol. The molecule has 0 atom stereocenters. The van der Waals surface area contributed by atoms with E-state index < -0.39 is 38.7 Å². The number of hydrogen-bond donors (Lipinski definition) is 1. The maximum atomic E-state index is 12.0. The molecule has 0 radical (unpaired) electrons. The van der Waals surface area contributed by atoms with Gasteiger partial charge in [-0.15, -0.1) is 0 Å². The van der Waals surface area contributed by atoms with Gasteiger partial charge in [0.15, 0.2) is 6.61 Å². The van der Waals surface area contributed by atoms with Crippen LogP contribution in [0.1, 0.15) is 5.56 Å². The van der Waals surface area contributed by atoms with Gasteiger partial charge in [0.1, 0.15) is 11.5 Å². The summed E-state index contributed by atoms with van der Waals surface area (Å²) in [5.74, 6) is -0.383. The van der Waals surface area contributed by atoms with E-state index in [4.69, 9.17) is 9.47 Å². The van der Waals surface area contributed by atoms with Gasteiger partial charge in [0.2, 0.25) is 5.75 Å². The smallest absolute Gasteiger partial charge is 0.318 e. The summed E-state index contributed by atoms with van der Waals surface area (Å²) in [7, 11) is 0. The number of hydrazone groups is 1. The fourth-order valence-corrected chi connectivity index (χ4v) is 3.19. The number of carbonyl (C=O) groups is 1. The van der Waals surface area contributed by atoms with Gasteiger partial charge in [0, 0.05) is 18.2 Å². The summed E-state index contributed by atoms with van der Waals surface area (Å²) >= 11 is 3.13. The third-order valence-corrected chi connectivity index (χ3v) is 4.94. The molecule has 1 N–H and O–H groups in total. The predicted octanol–water partition coefficient (Wildman–Crippen LogP) is 4.50. The Labute approximate surface area is 209 Å². The number of halogens is 1. The number of nitrogens with one attached hydrogen (secondary N) is 1. The van der Waals surface area contributed by atoms with Gasteiger partial charge in [-0.05, 0) is 45.8 Å². The first-order valence-corrected chi connectivity index (χ1v) is 10.5. The molecule has 0 aliphatic heterocycles. The minimum atomic E-state index is -0.791. The molecule has 0 bridgehead atoms. The van der Waals surface area contributed by atoms with Crippen molar-refractivity contribution in [3.05, 3.63) is 101 Å². The molecule has 0 aliphatic rings. The summed E-state index contributed by atoms with van der Waals surface area (Å²) in [6, 6.07) is 13.0. The van der Waals surface area contributed by atoms with E-state index in [1.165, 1.54) is 36.5 Å². The first kappa shape index (κ1) is 25.7. The lowest BCUT2D eigenvalue weighted by Gasteiger charge is -2.07. The number of carbonyl (C=O) groups excluding carboxylic acids is 1. The van der Waals surface area contributed by atoms with E-state index in [-0.39, 0.29) is 22.9 Å². The number of hydrogen-bond acceptors (Lipinski definition) is 10. The Morgan fingerprint density at radius 3 is 2.22 bits per heavy atom. The van der Waals surface area contributed by atoms with Gasteiger partial charge in [0.05, 0.1) is 31.5 Å². The number of benzene rings is 3. The van der Waals surface area contributed by atoms with E-state index in [0.717, 1.165) is 18.2 Å². The molecule has 0 fully saturated rings. The molecular formula is C21H14BrN5O9. The normalized spacial score (nSPS) is 10.6. The minimum absolute atomic E-state index is 0.141. The van der Waals surface area contributed by atoms with Gasteiger partial charge in [-0.3, -0.25) is 35.1 Å². The molecule has 0 saturated carbocycles. The van der Waals surface area contributed by atoms with E-state index in [1.54, 1.807) is 12.1 Å². The van der Waals surface area contributed by atoms with Crippen molar-refractivity contribution in [2.75, 3.05) is 6.61 Å². The average Bonchev–Trinajstić information content (AvgIpc) is 2.83. The molecule has 0 heterocycles. The maximum absolute atomic E-state index is 12.0. The second-order valence-corrected chi connectivity index (χ2v) is 7.65. The largest absolute Gasteiger partial charge is 0.483 e. The van der Waals surface area contributed by atoms with Crippen molar-refractivity contribution in [3.63, 3.8) is 0 Å². The lowest BCUT2D eigenvalue weighted by molar-refractivity contribution is -0.394. The zero-order chi connectivity index (χ0) is 26.2. The van der Waals surface area contributed by atoms with Crippen LogP contribution in [0.3, 0.4) is 0 Å². The first-order chi connectivity index (χ1) is 17.1. The summed E-state index contributed by atoms with van der Waals surface area (Å²) in [6.07, 6.45) is 1.29. The summed E-state index contributed by atoms with van der Waals surface area (Å²) in [6.45, 7) is -0.416. The van der Waals surface area contributed by atoms with Crippen LogP contribution in [-0.2, 0) is 4.79 Å². The van der Waals surface area contributed by atoms with Gasteiger partial charge in [-0.2, -0.15) is 5.10 Å². The van der Waals surface area contributed by atoms with Crippen LogP contribution in [0.2, 0.25) is 0 Å². The minimum Gasteiger partial charge on any atom is -0.483 e. The maximum Gasteiger partial charge on any atom is 0.318 e. The Balaban J connectivity index is 1.60. The van der Waals surface area contributed by atoms with Crippen LogP contribution in [0.15, 0.2) is 70.2 Å². The molecule has 0 unspecified atom stereocenters. The molecule has 0 saturated heterocycles. The van der Waals surface area contributed by atoms with Crippen LogP contribution in [0.4, 0.5) is 17.1 Å². The van der Waals surface area contributed by atoms with E-state index in [1.807, 2.05) is 0 Å². The average molecular weight is 560 g/mol. The molecule has 184 valence electrons. The van der Waals surface area contributed by atoms with E-state index in [0.29, 0.717) is 10.0 Å².